The van der Waals surface area contributed by atoms with Crippen LogP contribution in [0.15, 0.2) is 34.2 Å². The number of hydrogen-bond donors (Lipinski definition) is 2. The molecule has 0 bridgehead atoms. The Hall–Kier alpha value is -1.77. The molecular formula is C19H28F3N3O2S. The molecule has 1 aromatic rings. The van der Waals surface area contributed by atoms with E-state index in [2.05, 4.69) is 15.6 Å². The van der Waals surface area contributed by atoms with E-state index in [4.69, 9.17) is 0 Å². The number of aliphatic imine (C=N–C) groups is 1. The predicted molar refractivity (Wildman–Crippen MR) is 104 cm³/mol. The molecule has 0 heterocycles. The Labute approximate surface area is 164 Å². The molecule has 1 saturated carbocycles. The largest absolute Gasteiger partial charge is 0.391 e. The first-order valence-corrected chi connectivity index (χ1v) is 11.4. The van der Waals surface area contributed by atoms with Crippen LogP contribution >= 0.6 is 0 Å². The zero-order chi connectivity index (χ0) is 20.8. The lowest BCUT2D eigenvalue weighted by Gasteiger charge is -2.31. The maximum Gasteiger partial charge on any atom is 0.391 e. The Morgan fingerprint density at radius 3 is 2.46 bits per heavy atom. The topological polar surface area (TPSA) is 70.6 Å². The van der Waals surface area contributed by atoms with Crippen molar-refractivity contribution in [1.29, 1.82) is 0 Å². The second kappa shape index (κ2) is 9.62. The molecule has 158 valence electrons. The van der Waals surface area contributed by atoms with Crippen molar-refractivity contribution >= 4 is 15.8 Å². The zero-order valence-corrected chi connectivity index (χ0v) is 17.0. The molecule has 0 saturated heterocycles. The predicted octanol–water partition coefficient (Wildman–Crippen LogP) is 3.31. The summed E-state index contributed by atoms with van der Waals surface area (Å²) >= 11 is 0. The minimum Gasteiger partial charge on any atom is -0.357 e. The zero-order valence-electron chi connectivity index (χ0n) is 16.2. The quantitative estimate of drug-likeness (QED) is 0.548. The van der Waals surface area contributed by atoms with Gasteiger partial charge in [0.25, 0.3) is 0 Å². The highest BCUT2D eigenvalue weighted by atomic mass is 32.2. The van der Waals surface area contributed by atoms with Crippen molar-refractivity contribution < 1.29 is 21.6 Å². The Balaban J connectivity index is 1.93. The highest BCUT2D eigenvalue weighted by molar-refractivity contribution is 7.90. The molecule has 2 atom stereocenters. The molecule has 2 unspecified atom stereocenters. The number of hydrogen-bond acceptors (Lipinski definition) is 3. The minimum atomic E-state index is -4.14. The third-order valence-corrected chi connectivity index (χ3v) is 5.97. The molecule has 2 rings (SSSR count). The van der Waals surface area contributed by atoms with Gasteiger partial charge in [0.05, 0.1) is 10.8 Å². The number of halogens is 3. The van der Waals surface area contributed by atoms with Gasteiger partial charge in [-0.3, -0.25) is 4.99 Å². The maximum absolute atomic E-state index is 13.0. The van der Waals surface area contributed by atoms with Crippen LogP contribution < -0.4 is 10.6 Å². The molecule has 2 N–H and O–H groups in total. The minimum absolute atomic E-state index is 0.0703. The molecule has 0 radical (unpaired) electrons. The van der Waals surface area contributed by atoms with Gasteiger partial charge in [-0.15, -0.1) is 0 Å². The van der Waals surface area contributed by atoms with Gasteiger partial charge in [0.2, 0.25) is 0 Å². The van der Waals surface area contributed by atoms with E-state index in [0.29, 0.717) is 38.3 Å². The molecule has 1 aliphatic rings. The Kier molecular flexibility index (Phi) is 7.74. The molecule has 28 heavy (non-hydrogen) atoms. The summed E-state index contributed by atoms with van der Waals surface area (Å²) in [7, 11) is -3.22. The standard InChI is InChI=1S/C19H28F3N3O2S/c1-3-23-18(25-16-6-4-5-15(13-16)19(20,21)22)24-12-11-14-7-9-17(10-8-14)28(2,26)27/h7-10,15-16H,3-6,11-13H2,1-2H3,(H2,23,24,25). The van der Waals surface area contributed by atoms with E-state index < -0.39 is 21.9 Å². The molecule has 0 spiro atoms. The van der Waals surface area contributed by atoms with E-state index in [0.717, 1.165) is 11.8 Å². The SMILES string of the molecule is CCNC(=NCCc1ccc(S(C)(=O)=O)cc1)NC1CCCC(C(F)(F)F)C1. The van der Waals surface area contributed by atoms with Crippen molar-refractivity contribution in [3.63, 3.8) is 0 Å². The molecule has 0 amide bonds. The molecular weight excluding hydrogens is 391 g/mol. The van der Waals surface area contributed by atoms with Crippen molar-refractivity contribution in [1.82, 2.24) is 10.6 Å². The molecule has 0 aliphatic heterocycles. The Morgan fingerprint density at radius 2 is 1.89 bits per heavy atom. The molecule has 5 nitrogen and oxygen atoms in total. The number of benzene rings is 1. The molecule has 1 aliphatic carbocycles. The van der Waals surface area contributed by atoms with Crippen molar-refractivity contribution in [2.24, 2.45) is 10.9 Å². The first-order chi connectivity index (χ1) is 13.1. The van der Waals surface area contributed by atoms with Crippen LogP contribution in [0.3, 0.4) is 0 Å². The number of guanidine groups is 1. The number of alkyl halides is 3. The Morgan fingerprint density at radius 1 is 1.21 bits per heavy atom. The second-order valence-corrected chi connectivity index (χ2v) is 9.19. The van der Waals surface area contributed by atoms with Gasteiger partial charge >= 0.3 is 6.18 Å². The first kappa shape index (κ1) is 22.5. The van der Waals surface area contributed by atoms with Gasteiger partial charge in [0, 0.05) is 25.4 Å². The summed E-state index contributed by atoms with van der Waals surface area (Å²) in [4.78, 5) is 4.73. The van der Waals surface area contributed by atoms with Gasteiger partial charge in [-0.25, -0.2) is 8.42 Å². The van der Waals surface area contributed by atoms with Crippen LogP contribution in [0.4, 0.5) is 13.2 Å². The number of nitrogens with zero attached hydrogens (tertiary/aromatic N) is 1. The smallest absolute Gasteiger partial charge is 0.357 e. The number of nitrogens with one attached hydrogen (secondary N) is 2. The monoisotopic (exact) mass is 419 g/mol. The van der Waals surface area contributed by atoms with E-state index in [1.807, 2.05) is 6.92 Å². The van der Waals surface area contributed by atoms with Crippen molar-refractivity contribution in [2.45, 2.75) is 56.1 Å². The summed E-state index contributed by atoms with van der Waals surface area (Å²) < 4.78 is 61.9. The average Bonchev–Trinajstić information content (AvgIpc) is 2.61. The van der Waals surface area contributed by atoms with E-state index in [-0.39, 0.29) is 23.8 Å². The lowest BCUT2D eigenvalue weighted by Crippen LogP contribution is -2.46. The van der Waals surface area contributed by atoms with Crippen LogP contribution in [0.25, 0.3) is 0 Å². The maximum atomic E-state index is 13.0. The van der Waals surface area contributed by atoms with E-state index >= 15 is 0 Å². The fraction of sp³-hybridized carbons (Fsp3) is 0.632. The van der Waals surface area contributed by atoms with E-state index in [1.165, 1.54) is 0 Å². The third kappa shape index (κ3) is 7.00. The van der Waals surface area contributed by atoms with Crippen LogP contribution in [0.2, 0.25) is 0 Å². The van der Waals surface area contributed by atoms with Gasteiger partial charge in [-0.2, -0.15) is 13.2 Å². The Bertz CT molecular complexity index is 762. The third-order valence-electron chi connectivity index (χ3n) is 4.84. The highest BCUT2D eigenvalue weighted by Crippen LogP contribution is 2.37. The van der Waals surface area contributed by atoms with E-state index in [1.54, 1.807) is 24.3 Å². The molecule has 0 aromatic heterocycles. The summed E-state index contributed by atoms with van der Waals surface area (Å²) in [5.74, 6) is -0.738. The lowest BCUT2D eigenvalue weighted by atomic mass is 9.85. The first-order valence-electron chi connectivity index (χ1n) is 9.50. The summed E-state index contributed by atoms with van der Waals surface area (Å²) in [6.45, 7) is 2.97. The van der Waals surface area contributed by atoms with Gasteiger partial charge in [0.15, 0.2) is 15.8 Å². The van der Waals surface area contributed by atoms with E-state index in [9.17, 15) is 21.6 Å². The fourth-order valence-electron chi connectivity index (χ4n) is 3.33. The normalized spacial score (nSPS) is 21.4. The van der Waals surface area contributed by atoms with Crippen LogP contribution in [0.1, 0.15) is 38.2 Å². The lowest BCUT2D eigenvalue weighted by molar-refractivity contribution is -0.183. The van der Waals surface area contributed by atoms with Crippen LogP contribution in [0.5, 0.6) is 0 Å². The molecule has 1 aromatic carbocycles. The van der Waals surface area contributed by atoms with Crippen molar-refractivity contribution in [3.8, 4) is 0 Å². The summed E-state index contributed by atoms with van der Waals surface area (Å²) in [6, 6.07) is 6.39. The van der Waals surface area contributed by atoms with Crippen LogP contribution in [-0.2, 0) is 16.3 Å². The van der Waals surface area contributed by atoms with Crippen LogP contribution in [0, 0.1) is 5.92 Å². The van der Waals surface area contributed by atoms with Gasteiger partial charge in [-0.1, -0.05) is 18.6 Å². The van der Waals surface area contributed by atoms with Gasteiger partial charge in [0.1, 0.15) is 0 Å². The second-order valence-electron chi connectivity index (χ2n) is 7.17. The summed E-state index contributed by atoms with van der Waals surface area (Å²) in [6.07, 6.45) is -0.864. The van der Waals surface area contributed by atoms with Crippen LogP contribution in [-0.4, -0.2) is 45.9 Å². The highest BCUT2D eigenvalue weighted by Gasteiger charge is 2.42. The van der Waals surface area contributed by atoms with Crippen molar-refractivity contribution in [2.75, 3.05) is 19.3 Å². The number of rotatable bonds is 6. The summed E-state index contributed by atoms with van der Waals surface area (Å²) in [5.41, 5.74) is 0.946. The van der Waals surface area contributed by atoms with Gasteiger partial charge < -0.3 is 10.6 Å². The van der Waals surface area contributed by atoms with Gasteiger partial charge in [-0.05, 0) is 50.3 Å². The average molecular weight is 420 g/mol. The molecule has 9 heteroatoms. The van der Waals surface area contributed by atoms with Crippen molar-refractivity contribution in [3.05, 3.63) is 29.8 Å². The fourth-order valence-corrected chi connectivity index (χ4v) is 3.96. The molecule has 1 fully saturated rings. The number of sulfone groups is 1. The summed E-state index contributed by atoms with van der Waals surface area (Å²) in [5, 5.41) is 6.21.